The Balaban J connectivity index is 1.73. The number of carbonyl (C=O) groups excluding carboxylic acids is 3. The van der Waals surface area contributed by atoms with Gasteiger partial charge in [-0.25, -0.2) is 4.79 Å². The minimum absolute atomic E-state index is 0.233. The van der Waals surface area contributed by atoms with Crippen molar-refractivity contribution in [2.45, 2.75) is 38.8 Å². The quantitative estimate of drug-likeness (QED) is 0.709. The Kier molecular flexibility index (Phi) is 5.94. The van der Waals surface area contributed by atoms with Crippen LogP contribution in [-0.2, 0) is 15.1 Å². The maximum Gasteiger partial charge on any atom is 0.325 e. The number of amides is 4. The Morgan fingerprint density at radius 3 is 2.45 bits per heavy atom. The summed E-state index contributed by atoms with van der Waals surface area (Å²) in [5.41, 5.74) is 1.33. The van der Waals surface area contributed by atoms with E-state index in [-0.39, 0.29) is 12.6 Å². The van der Waals surface area contributed by atoms with Gasteiger partial charge in [0, 0.05) is 5.02 Å². The molecule has 0 aliphatic carbocycles. The molecular weight excluding hydrogens is 390 g/mol. The molecule has 2 aromatic carbocycles. The second-order valence-electron chi connectivity index (χ2n) is 7.34. The molecule has 1 saturated heterocycles. The molecule has 2 aromatic rings. The van der Waals surface area contributed by atoms with Gasteiger partial charge in [0.15, 0.2) is 0 Å². The van der Waals surface area contributed by atoms with Gasteiger partial charge in [0.2, 0.25) is 5.91 Å². The van der Waals surface area contributed by atoms with Gasteiger partial charge in [-0.1, -0.05) is 54.9 Å². The van der Waals surface area contributed by atoms with Gasteiger partial charge in [-0.15, -0.1) is 0 Å². The van der Waals surface area contributed by atoms with Crippen molar-refractivity contribution >= 4 is 29.4 Å². The van der Waals surface area contributed by atoms with Crippen LogP contribution in [0.15, 0.2) is 48.5 Å². The summed E-state index contributed by atoms with van der Waals surface area (Å²) < 4.78 is 0. The molecule has 29 heavy (non-hydrogen) atoms. The van der Waals surface area contributed by atoms with Crippen molar-refractivity contribution in [2.24, 2.45) is 0 Å². The summed E-state index contributed by atoms with van der Waals surface area (Å²) in [6.07, 6.45) is 0.661. The number of benzene rings is 2. The van der Waals surface area contributed by atoms with E-state index in [4.69, 9.17) is 11.6 Å². The molecule has 2 unspecified atom stereocenters. The number of halogens is 1. The molecule has 0 bridgehead atoms. The van der Waals surface area contributed by atoms with E-state index in [1.807, 2.05) is 50.2 Å². The highest BCUT2D eigenvalue weighted by molar-refractivity contribution is 6.30. The summed E-state index contributed by atoms with van der Waals surface area (Å²) in [4.78, 5) is 39.1. The smallest absolute Gasteiger partial charge is 0.325 e. The van der Waals surface area contributed by atoms with E-state index in [9.17, 15) is 14.4 Å². The normalized spacial score (nSPS) is 19.8. The molecule has 0 radical (unpaired) electrons. The summed E-state index contributed by atoms with van der Waals surface area (Å²) >= 11 is 5.92. The van der Waals surface area contributed by atoms with Gasteiger partial charge in [-0.2, -0.15) is 0 Å². The molecule has 1 aliphatic rings. The standard InChI is InChI=1S/C22H24ClN3O3/c1-4-18(15-9-11-16(23)12-10-15)24-19(27)13-26-20(28)22(3,25-21(26)29)17-8-6-5-7-14(17)2/h5-12,18H,4,13H2,1-3H3,(H,24,27)(H,25,29). The number of hydrogen-bond donors (Lipinski definition) is 2. The van der Waals surface area contributed by atoms with Gasteiger partial charge >= 0.3 is 6.03 Å². The monoisotopic (exact) mass is 413 g/mol. The highest BCUT2D eigenvalue weighted by atomic mass is 35.5. The molecule has 2 N–H and O–H groups in total. The zero-order valence-corrected chi connectivity index (χ0v) is 17.4. The van der Waals surface area contributed by atoms with Crippen molar-refractivity contribution in [3.05, 3.63) is 70.2 Å². The van der Waals surface area contributed by atoms with Gasteiger partial charge in [0.1, 0.15) is 12.1 Å². The van der Waals surface area contributed by atoms with Crippen LogP contribution in [0, 0.1) is 6.92 Å². The SMILES string of the molecule is CCC(NC(=O)CN1C(=O)NC(C)(c2ccccc2C)C1=O)c1ccc(Cl)cc1. The van der Waals surface area contributed by atoms with Gasteiger partial charge in [-0.05, 0) is 49.1 Å². The highest BCUT2D eigenvalue weighted by Gasteiger charge is 2.50. The van der Waals surface area contributed by atoms with E-state index in [0.717, 1.165) is 16.0 Å². The van der Waals surface area contributed by atoms with Crippen LogP contribution in [0.5, 0.6) is 0 Å². The van der Waals surface area contributed by atoms with Crippen LogP contribution in [0.4, 0.5) is 4.79 Å². The number of urea groups is 1. The van der Waals surface area contributed by atoms with E-state index >= 15 is 0 Å². The number of carbonyl (C=O) groups is 3. The van der Waals surface area contributed by atoms with Crippen LogP contribution in [0.2, 0.25) is 5.02 Å². The molecule has 1 aliphatic heterocycles. The van der Waals surface area contributed by atoms with Gasteiger partial charge in [0.05, 0.1) is 6.04 Å². The molecule has 152 valence electrons. The fraction of sp³-hybridized carbons (Fsp3) is 0.318. The van der Waals surface area contributed by atoms with E-state index in [0.29, 0.717) is 17.0 Å². The average Bonchev–Trinajstić information content (AvgIpc) is 2.91. The van der Waals surface area contributed by atoms with Crippen molar-refractivity contribution < 1.29 is 14.4 Å². The van der Waals surface area contributed by atoms with Gasteiger partial charge in [0.25, 0.3) is 5.91 Å². The molecule has 1 fully saturated rings. The third kappa shape index (κ3) is 4.12. The van der Waals surface area contributed by atoms with E-state index in [2.05, 4.69) is 10.6 Å². The van der Waals surface area contributed by atoms with Crippen molar-refractivity contribution in [3.63, 3.8) is 0 Å². The third-order valence-corrected chi connectivity index (χ3v) is 5.53. The van der Waals surface area contributed by atoms with Crippen LogP contribution in [0.1, 0.15) is 43.0 Å². The molecule has 1 heterocycles. The lowest BCUT2D eigenvalue weighted by molar-refractivity contribution is -0.135. The fourth-order valence-corrected chi connectivity index (χ4v) is 3.78. The first-order valence-corrected chi connectivity index (χ1v) is 9.89. The number of aryl methyl sites for hydroxylation is 1. The van der Waals surface area contributed by atoms with Crippen molar-refractivity contribution in [1.29, 1.82) is 0 Å². The molecule has 2 atom stereocenters. The van der Waals surface area contributed by atoms with Crippen LogP contribution >= 0.6 is 11.6 Å². The topological polar surface area (TPSA) is 78.5 Å². The number of imide groups is 1. The zero-order valence-electron chi connectivity index (χ0n) is 16.7. The first kappa shape index (κ1) is 20.9. The molecule has 3 rings (SSSR count). The third-order valence-electron chi connectivity index (χ3n) is 5.28. The van der Waals surface area contributed by atoms with Crippen LogP contribution in [0.3, 0.4) is 0 Å². The van der Waals surface area contributed by atoms with Crippen LogP contribution in [0.25, 0.3) is 0 Å². The highest BCUT2D eigenvalue weighted by Crippen LogP contribution is 2.30. The molecule has 6 nitrogen and oxygen atoms in total. The van der Waals surface area contributed by atoms with E-state index in [1.165, 1.54) is 0 Å². The first-order valence-electron chi connectivity index (χ1n) is 9.51. The van der Waals surface area contributed by atoms with Gasteiger partial charge < -0.3 is 10.6 Å². The van der Waals surface area contributed by atoms with E-state index < -0.39 is 23.4 Å². The lowest BCUT2D eigenvalue weighted by Gasteiger charge is -2.24. The molecule has 0 saturated carbocycles. The predicted octanol–water partition coefficient (Wildman–Crippen LogP) is 3.68. The maximum absolute atomic E-state index is 13.0. The van der Waals surface area contributed by atoms with E-state index in [1.54, 1.807) is 19.1 Å². The second kappa shape index (κ2) is 8.25. The summed E-state index contributed by atoms with van der Waals surface area (Å²) in [7, 11) is 0. The lowest BCUT2D eigenvalue weighted by atomic mass is 9.88. The maximum atomic E-state index is 13.0. The molecule has 0 aromatic heterocycles. The fourth-order valence-electron chi connectivity index (χ4n) is 3.66. The minimum Gasteiger partial charge on any atom is -0.348 e. The molecule has 0 spiro atoms. The predicted molar refractivity (Wildman–Crippen MR) is 111 cm³/mol. The molecular formula is C22H24ClN3O3. The Morgan fingerprint density at radius 2 is 1.83 bits per heavy atom. The number of nitrogens with one attached hydrogen (secondary N) is 2. The number of rotatable bonds is 6. The summed E-state index contributed by atoms with van der Waals surface area (Å²) in [5.74, 6) is -0.837. The van der Waals surface area contributed by atoms with Crippen LogP contribution in [-0.4, -0.2) is 29.3 Å². The summed E-state index contributed by atoms with van der Waals surface area (Å²) in [6.45, 7) is 5.15. The van der Waals surface area contributed by atoms with Crippen LogP contribution < -0.4 is 10.6 Å². The average molecular weight is 414 g/mol. The summed E-state index contributed by atoms with van der Waals surface area (Å²) in [5, 5.41) is 6.25. The van der Waals surface area contributed by atoms with Crippen molar-refractivity contribution in [1.82, 2.24) is 15.5 Å². The summed E-state index contributed by atoms with van der Waals surface area (Å²) in [6, 6.07) is 13.8. The number of hydrogen-bond acceptors (Lipinski definition) is 3. The largest absolute Gasteiger partial charge is 0.348 e. The zero-order chi connectivity index (χ0) is 21.2. The Labute approximate surface area is 175 Å². The Hall–Kier alpha value is -2.86. The molecule has 4 amide bonds. The van der Waals surface area contributed by atoms with Crippen molar-refractivity contribution in [2.75, 3.05) is 6.54 Å². The Morgan fingerprint density at radius 1 is 1.17 bits per heavy atom. The second-order valence-corrected chi connectivity index (χ2v) is 7.78. The Bertz CT molecular complexity index is 945. The minimum atomic E-state index is -1.19. The van der Waals surface area contributed by atoms with Crippen molar-refractivity contribution in [3.8, 4) is 0 Å². The first-order chi connectivity index (χ1) is 13.8. The number of nitrogens with zero attached hydrogens (tertiary/aromatic N) is 1. The van der Waals surface area contributed by atoms with Gasteiger partial charge in [-0.3, -0.25) is 14.5 Å². The lowest BCUT2D eigenvalue weighted by Crippen LogP contribution is -2.44. The molecule has 7 heteroatoms.